The summed E-state index contributed by atoms with van der Waals surface area (Å²) in [6, 6.07) is 24.2. The number of aliphatic imine (C=N–C) groups is 1. The predicted molar refractivity (Wildman–Crippen MR) is 159 cm³/mol. The van der Waals surface area contributed by atoms with Crippen molar-refractivity contribution in [3.05, 3.63) is 95.0 Å². The van der Waals surface area contributed by atoms with Crippen molar-refractivity contribution >= 4 is 51.2 Å². The van der Waals surface area contributed by atoms with Crippen molar-refractivity contribution in [1.29, 1.82) is 0 Å². The van der Waals surface area contributed by atoms with Crippen LogP contribution in [0.1, 0.15) is 11.1 Å². The number of hydrogen-bond acceptors (Lipinski definition) is 6. The fraction of sp³-hybridized carbons (Fsp3) is 0.226. The van der Waals surface area contributed by atoms with Crippen LogP contribution in [0.3, 0.4) is 0 Å². The van der Waals surface area contributed by atoms with Crippen LogP contribution < -0.4 is 9.64 Å². The van der Waals surface area contributed by atoms with E-state index in [0.29, 0.717) is 16.6 Å². The molecule has 0 unspecified atom stereocenters. The highest BCUT2D eigenvalue weighted by Gasteiger charge is 2.33. The molecule has 0 spiro atoms. The second-order valence-electron chi connectivity index (χ2n) is 9.46. The maximum Gasteiger partial charge on any atom is 0.266 e. The molecule has 2 aliphatic heterocycles. The molecule has 3 heterocycles. The Hall–Kier alpha value is -4.01. The molecule has 2 aliphatic rings. The number of ether oxygens (including phenoxy) is 2. The van der Waals surface area contributed by atoms with Gasteiger partial charge in [0.15, 0.2) is 5.17 Å². The lowest BCUT2D eigenvalue weighted by Gasteiger charge is -2.28. The number of nitrogens with one attached hydrogen (secondary N) is 1. The van der Waals surface area contributed by atoms with Crippen molar-refractivity contribution in [3.63, 3.8) is 0 Å². The van der Waals surface area contributed by atoms with Crippen molar-refractivity contribution < 1.29 is 14.3 Å². The number of carbonyl (C=O) groups is 1. The molecule has 7 nitrogen and oxygen atoms in total. The molecule has 2 saturated heterocycles. The van der Waals surface area contributed by atoms with Gasteiger partial charge >= 0.3 is 0 Å². The Kier molecular flexibility index (Phi) is 7.38. The number of nitrogens with zero attached hydrogens (tertiary/aromatic N) is 3. The number of amidine groups is 1. The zero-order chi connectivity index (χ0) is 26.6. The van der Waals surface area contributed by atoms with E-state index >= 15 is 0 Å². The highest BCUT2D eigenvalue weighted by atomic mass is 32.2. The number of H-pyrrole nitrogens is 1. The number of amides is 1. The summed E-state index contributed by atoms with van der Waals surface area (Å²) in [4.78, 5) is 26.6. The van der Waals surface area contributed by atoms with Crippen LogP contribution in [0, 0.1) is 0 Å². The van der Waals surface area contributed by atoms with E-state index in [4.69, 9.17) is 14.5 Å². The quantitative estimate of drug-likeness (QED) is 0.299. The molecule has 0 bridgehead atoms. The molecule has 198 valence electrons. The molecular formula is C31H30N4O3S. The summed E-state index contributed by atoms with van der Waals surface area (Å²) >= 11 is 1.42. The number of rotatable bonds is 7. The summed E-state index contributed by atoms with van der Waals surface area (Å²) < 4.78 is 10.8. The van der Waals surface area contributed by atoms with Gasteiger partial charge in [-0.15, -0.1) is 0 Å². The van der Waals surface area contributed by atoms with Crippen LogP contribution in [-0.4, -0.2) is 60.9 Å². The van der Waals surface area contributed by atoms with Crippen LogP contribution in [0.5, 0.6) is 5.75 Å². The van der Waals surface area contributed by atoms with Gasteiger partial charge in [0.1, 0.15) is 5.75 Å². The molecule has 0 radical (unpaired) electrons. The highest BCUT2D eigenvalue weighted by molar-refractivity contribution is 8.18. The molecule has 6 rings (SSSR count). The van der Waals surface area contributed by atoms with E-state index < -0.39 is 0 Å². The van der Waals surface area contributed by atoms with Gasteiger partial charge in [0, 0.05) is 42.4 Å². The molecule has 0 aliphatic carbocycles. The van der Waals surface area contributed by atoms with Gasteiger partial charge in [-0.05, 0) is 77.9 Å². The fourth-order valence-electron chi connectivity index (χ4n) is 4.88. The van der Waals surface area contributed by atoms with Gasteiger partial charge in [0.25, 0.3) is 5.91 Å². The largest absolute Gasteiger partial charge is 0.497 e. The maximum absolute atomic E-state index is 13.7. The molecule has 1 amide bonds. The van der Waals surface area contributed by atoms with Crippen LogP contribution in [0.25, 0.3) is 17.0 Å². The number of aromatic amines is 1. The summed E-state index contributed by atoms with van der Waals surface area (Å²) in [5.74, 6) is 0.746. The minimum atomic E-state index is -0.0237. The van der Waals surface area contributed by atoms with Gasteiger partial charge in [-0.2, -0.15) is 0 Å². The zero-order valence-electron chi connectivity index (χ0n) is 21.8. The Balaban J connectivity index is 1.26. The molecule has 0 atom stereocenters. The number of carbonyl (C=O) groups excluding carboxylic acids is 1. The lowest BCUT2D eigenvalue weighted by molar-refractivity contribution is -0.122. The maximum atomic E-state index is 13.7. The van der Waals surface area contributed by atoms with E-state index in [0.717, 1.165) is 55.2 Å². The molecular weight excluding hydrogens is 508 g/mol. The normalized spacial score (nSPS) is 18.0. The number of anilines is 1. The first kappa shape index (κ1) is 25.3. The van der Waals surface area contributed by atoms with Crippen LogP contribution in [0.15, 0.2) is 88.9 Å². The Morgan fingerprint density at radius 1 is 1.03 bits per heavy atom. The van der Waals surface area contributed by atoms with Crippen molar-refractivity contribution in [2.75, 3.05) is 44.9 Å². The number of hydrogen-bond donors (Lipinski definition) is 1. The van der Waals surface area contributed by atoms with E-state index in [1.807, 2.05) is 48.7 Å². The summed E-state index contributed by atoms with van der Waals surface area (Å²) in [5.41, 5.74) is 5.23. The zero-order valence-corrected chi connectivity index (χ0v) is 22.6. The summed E-state index contributed by atoms with van der Waals surface area (Å²) in [6.07, 6.45) is 4.72. The number of aromatic nitrogens is 1. The minimum absolute atomic E-state index is 0.0237. The standard InChI is InChI=1S/C31H30N4O3S/c1-37-26-12-8-24(9-13-26)33-31-35(15-14-23-21-32-28-5-3-2-4-27(23)28)30(36)29(39-31)20-22-6-10-25(11-7-22)34-16-18-38-19-17-34/h2-13,20-21,32H,14-19H2,1H3/b29-20-,33-31?. The van der Waals surface area contributed by atoms with Gasteiger partial charge in [0.2, 0.25) is 0 Å². The van der Waals surface area contributed by atoms with Crippen LogP contribution >= 0.6 is 11.8 Å². The number of thioether (sulfide) groups is 1. The molecule has 1 aromatic heterocycles. The van der Waals surface area contributed by atoms with Crippen molar-refractivity contribution in [2.45, 2.75) is 6.42 Å². The SMILES string of the molecule is COc1ccc(N=C2S/C(=C\c3ccc(N4CCOCC4)cc3)C(=O)N2CCc2c[nH]c3ccccc23)cc1. The van der Waals surface area contributed by atoms with Crippen LogP contribution in [0.4, 0.5) is 11.4 Å². The van der Waals surface area contributed by atoms with Crippen LogP contribution in [-0.2, 0) is 16.0 Å². The smallest absolute Gasteiger partial charge is 0.266 e. The summed E-state index contributed by atoms with van der Waals surface area (Å²) in [7, 11) is 1.64. The first-order valence-corrected chi connectivity index (χ1v) is 13.9. The highest BCUT2D eigenvalue weighted by Crippen LogP contribution is 2.35. The molecule has 0 saturated carbocycles. The third kappa shape index (κ3) is 5.57. The van der Waals surface area contributed by atoms with Crippen molar-refractivity contribution in [1.82, 2.24) is 9.88 Å². The van der Waals surface area contributed by atoms with E-state index in [1.54, 1.807) is 12.0 Å². The lowest BCUT2D eigenvalue weighted by Crippen LogP contribution is -2.36. The van der Waals surface area contributed by atoms with Crippen molar-refractivity contribution in [2.24, 2.45) is 4.99 Å². The van der Waals surface area contributed by atoms with Gasteiger partial charge in [-0.3, -0.25) is 9.69 Å². The number of morpholine rings is 1. The molecule has 1 N–H and O–H groups in total. The topological polar surface area (TPSA) is 70.2 Å². The molecule has 2 fully saturated rings. The van der Waals surface area contributed by atoms with Crippen LogP contribution in [0.2, 0.25) is 0 Å². The Bertz CT molecular complexity index is 1520. The second kappa shape index (κ2) is 11.4. The number of para-hydroxylation sites is 1. The molecule has 4 aromatic rings. The average Bonchev–Trinajstić information content (AvgIpc) is 3.53. The summed E-state index contributed by atoms with van der Waals surface area (Å²) in [6.45, 7) is 3.83. The Labute approximate surface area is 232 Å². The minimum Gasteiger partial charge on any atom is -0.497 e. The Morgan fingerprint density at radius 2 is 1.79 bits per heavy atom. The van der Waals surface area contributed by atoms with E-state index in [9.17, 15) is 4.79 Å². The monoisotopic (exact) mass is 538 g/mol. The first-order valence-electron chi connectivity index (χ1n) is 13.1. The predicted octanol–water partition coefficient (Wildman–Crippen LogP) is 5.86. The molecule has 39 heavy (non-hydrogen) atoms. The molecule has 3 aromatic carbocycles. The Morgan fingerprint density at radius 3 is 2.56 bits per heavy atom. The average molecular weight is 539 g/mol. The first-order chi connectivity index (χ1) is 19.2. The fourth-order valence-corrected chi connectivity index (χ4v) is 5.91. The third-order valence-electron chi connectivity index (χ3n) is 7.03. The lowest BCUT2D eigenvalue weighted by atomic mass is 10.1. The van der Waals surface area contributed by atoms with Gasteiger partial charge in [-0.1, -0.05) is 30.3 Å². The molecule has 8 heteroatoms. The number of methoxy groups -OCH3 is 1. The van der Waals surface area contributed by atoms with E-state index in [-0.39, 0.29) is 5.91 Å². The summed E-state index contributed by atoms with van der Waals surface area (Å²) in [5, 5.41) is 1.86. The van der Waals surface area contributed by atoms with E-state index in [1.165, 1.54) is 28.4 Å². The van der Waals surface area contributed by atoms with Gasteiger partial charge < -0.3 is 19.4 Å². The van der Waals surface area contributed by atoms with E-state index in [2.05, 4.69) is 46.3 Å². The third-order valence-corrected chi connectivity index (χ3v) is 8.04. The van der Waals surface area contributed by atoms with Crippen molar-refractivity contribution in [3.8, 4) is 5.75 Å². The van der Waals surface area contributed by atoms with Gasteiger partial charge in [-0.25, -0.2) is 4.99 Å². The number of fused-ring (bicyclic) bond motifs is 1. The van der Waals surface area contributed by atoms with Gasteiger partial charge in [0.05, 0.1) is 30.9 Å². The number of benzene rings is 3. The second-order valence-corrected chi connectivity index (χ2v) is 10.5.